The molecule has 6 heteroatoms. The smallest absolute Gasteiger partial charge is 0.238 e. The van der Waals surface area contributed by atoms with Gasteiger partial charge in [-0.1, -0.05) is 0 Å². The first kappa shape index (κ1) is 13.9. The first-order valence-corrected chi connectivity index (χ1v) is 6.05. The molecular formula is C13H16F2N2O2. The standard InChI is InChI=1S/C13H16F2N2O2/c1-13(19)4-5-17(8-13)7-12(18)16-9-2-3-10(14)11(15)6-9/h2-3,6,19H,4-5,7-8H2,1H3,(H,16,18). The third-order valence-electron chi connectivity index (χ3n) is 3.10. The van der Waals surface area contributed by atoms with Crippen LogP contribution >= 0.6 is 0 Å². The van der Waals surface area contributed by atoms with Crippen LogP contribution in [0.4, 0.5) is 14.5 Å². The number of carbonyl (C=O) groups excluding carboxylic acids is 1. The zero-order valence-electron chi connectivity index (χ0n) is 10.6. The van der Waals surface area contributed by atoms with E-state index in [0.29, 0.717) is 19.5 Å². The van der Waals surface area contributed by atoms with Gasteiger partial charge in [-0.25, -0.2) is 8.78 Å². The number of hydrogen-bond acceptors (Lipinski definition) is 3. The maximum Gasteiger partial charge on any atom is 0.238 e. The summed E-state index contributed by atoms with van der Waals surface area (Å²) in [6.07, 6.45) is 0.617. The molecule has 4 nitrogen and oxygen atoms in total. The summed E-state index contributed by atoms with van der Waals surface area (Å²) in [7, 11) is 0. The fourth-order valence-electron chi connectivity index (χ4n) is 2.15. The van der Waals surface area contributed by atoms with Gasteiger partial charge in [0.2, 0.25) is 5.91 Å². The summed E-state index contributed by atoms with van der Waals surface area (Å²) in [6, 6.07) is 3.20. The molecule has 0 radical (unpaired) electrons. The predicted octanol–water partition coefficient (Wildman–Crippen LogP) is 1.36. The number of benzene rings is 1. The number of β-amino-alcohol motifs (C(OH)–C–C–N with tert-alkyl or cyclic N) is 1. The van der Waals surface area contributed by atoms with Gasteiger partial charge in [0.15, 0.2) is 11.6 Å². The number of halogens is 2. The maximum absolute atomic E-state index is 13.0. The van der Waals surface area contributed by atoms with Crippen LogP contribution in [0.15, 0.2) is 18.2 Å². The Morgan fingerprint density at radius 3 is 2.79 bits per heavy atom. The van der Waals surface area contributed by atoms with Crippen LogP contribution in [-0.2, 0) is 4.79 Å². The van der Waals surface area contributed by atoms with Crippen LogP contribution in [0, 0.1) is 11.6 Å². The summed E-state index contributed by atoms with van der Waals surface area (Å²) < 4.78 is 25.7. The minimum absolute atomic E-state index is 0.120. The van der Waals surface area contributed by atoms with E-state index >= 15 is 0 Å². The highest BCUT2D eigenvalue weighted by molar-refractivity contribution is 5.92. The lowest BCUT2D eigenvalue weighted by molar-refractivity contribution is -0.117. The van der Waals surface area contributed by atoms with Crippen molar-refractivity contribution in [2.75, 3.05) is 25.0 Å². The van der Waals surface area contributed by atoms with E-state index in [0.717, 1.165) is 12.1 Å². The Morgan fingerprint density at radius 2 is 2.21 bits per heavy atom. The van der Waals surface area contributed by atoms with Gasteiger partial charge in [-0.15, -0.1) is 0 Å². The van der Waals surface area contributed by atoms with Gasteiger partial charge in [0.25, 0.3) is 0 Å². The number of amides is 1. The lowest BCUT2D eigenvalue weighted by Gasteiger charge is -2.18. The van der Waals surface area contributed by atoms with Crippen molar-refractivity contribution in [2.45, 2.75) is 18.9 Å². The van der Waals surface area contributed by atoms with Crippen molar-refractivity contribution in [3.63, 3.8) is 0 Å². The molecule has 1 heterocycles. The van der Waals surface area contributed by atoms with E-state index in [2.05, 4.69) is 5.32 Å². The highest BCUT2D eigenvalue weighted by Gasteiger charge is 2.31. The summed E-state index contributed by atoms with van der Waals surface area (Å²) in [4.78, 5) is 13.5. The molecule has 1 fully saturated rings. The van der Waals surface area contributed by atoms with Crippen LogP contribution in [0.3, 0.4) is 0 Å². The molecule has 1 amide bonds. The van der Waals surface area contributed by atoms with E-state index in [1.54, 1.807) is 6.92 Å². The molecule has 1 aromatic rings. The molecule has 0 saturated carbocycles. The molecular weight excluding hydrogens is 254 g/mol. The van der Waals surface area contributed by atoms with Crippen molar-refractivity contribution >= 4 is 11.6 Å². The van der Waals surface area contributed by atoms with Gasteiger partial charge in [0, 0.05) is 24.8 Å². The SMILES string of the molecule is CC1(O)CCN(CC(=O)Nc2ccc(F)c(F)c2)C1. The third-order valence-corrected chi connectivity index (χ3v) is 3.10. The number of rotatable bonds is 3. The molecule has 1 aliphatic heterocycles. The van der Waals surface area contributed by atoms with Crippen LogP contribution in [0.1, 0.15) is 13.3 Å². The Kier molecular flexibility index (Phi) is 3.82. The van der Waals surface area contributed by atoms with Crippen LogP contribution in [0.5, 0.6) is 0 Å². The molecule has 1 saturated heterocycles. The number of anilines is 1. The minimum Gasteiger partial charge on any atom is -0.389 e. The second-order valence-corrected chi connectivity index (χ2v) is 5.13. The Bertz CT molecular complexity index is 492. The van der Waals surface area contributed by atoms with Crippen molar-refractivity contribution in [2.24, 2.45) is 0 Å². The van der Waals surface area contributed by atoms with E-state index < -0.39 is 17.2 Å². The first-order valence-electron chi connectivity index (χ1n) is 6.05. The van der Waals surface area contributed by atoms with Gasteiger partial charge < -0.3 is 10.4 Å². The molecule has 2 N–H and O–H groups in total. The third kappa shape index (κ3) is 3.71. The van der Waals surface area contributed by atoms with Gasteiger partial charge >= 0.3 is 0 Å². The lowest BCUT2D eigenvalue weighted by atomic mass is 10.1. The summed E-state index contributed by atoms with van der Waals surface area (Å²) in [5.41, 5.74) is -0.544. The first-order chi connectivity index (χ1) is 8.85. The van der Waals surface area contributed by atoms with Crippen LogP contribution in [0.25, 0.3) is 0 Å². The average Bonchev–Trinajstić information content (AvgIpc) is 2.63. The summed E-state index contributed by atoms with van der Waals surface area (Å²) in [5.74, 6) is -2.26. The predicted molar refractivity (Wildman–Crippen MR) is 66.7 cm³/mol. The Labute approximate surface area is 110 Å². The Morgan fingerprint density at radius 1 is 1.47 bits per heavy atom. The van der Waals surface area contributed by atoms with Crippen molar-refractivity contribution < 1.29 is 18.7 Å². The quantitative estimate of drug-likeness (QED) is 0.872. The zero-order chi connectivity index (χ0) is 14.0. The molecule has 0 aromatic heterocycles. The van der Waals surface area contributed by atoms with Gasteiger partial charge in [0.1, 0.15) is 0 Å². The normalized spacial score (nSPS) is 23.6. The van der Waals surface area contributed by atoms with E-state index in [4.69, 9.17) is 0 Å². The molecule has 1 aromatic carbocycles. The van der Waals surface area contributed by atoms with Crippen molar-refractivity contribution in [3.05, 3.63) is 29.8 Å². The number of nitrogens with one attached hydrogen (secondary N) is 1. The summed E-state index contributed by atoms with van der Waals surface area (Å²) in [5, 5.41) is 12.3. The molecule has 1 atom stereocenters. The fraction of sp³-hybridized carbons (Fsp3) is 0.462. The van der Waals surface area contributed by atoms with Crippen molar-refractivity contribution in [1.82, 2.24) is 4.90 Å². The number of likely N-dealkylation sites (tertiary alicyclic amines) is 1. The van der Waals surface area contributed by atoms with Gasteiger partial charge in [0.05, 0.1) is 12.1 Å². The molecule has 2 rings (SSSR count). The Hall–Kier alpha value is -1.53. The molecule has 19 heavy (non-hydrogen) atoms. The zero-order valence-corrected chi connectivity index (χ0v) is 10.6. The van der Waals surface area contributed by atoms with Gasteiger partial charge in [-0.2, -0.15) is 0 Å². The second kappa shape index (κ2) is 5.22. The number of hydrogen-bond donors (Lipinski definition) is 2. The van der Waals surface area contributed by atoms with Gasteiger partial charge in [-0.3, -0.25) is 9.69 Å². The molecule has 0 aliphatic carbocycles. The van der Waals surface area contributed by atoms with E-state index in [1.807, 2.05) is 4.90 Å². The van der Waals surface area contributed by atoms with Crippen molar-refractivity contribution in [3.8, 4) is 0 Å². The highest BCUT2D eigenvalue weighted by atomic mass is 19.2. The van der Waals surface area contributed by atoms with Crippen LogP contribution in [-0.4, -0.2) is 41.1 Å². The Balaban J connectivity index is 1.89. The second-order valence-electron chi connectivity index (χ2n) is 5.13. The maximum atomic E-state index is 13.0. The molecule has 1 aliphatic rings. The molecule has 104 valence electrons. The number of nitrogens with zero attached hydrogens (tertiary/aromatic N) is 1. The van der Waals surface area contributed by atoms with E-state index in [-0.39, 0.29) is 18.1 Å². The van der Waals surface area contributed by atoms with Gasteiger partial charge in [-0.05, 0) is 25.5 Å². The summed E-state index contributed by atoms with van der Waals surface area (Å²) >= 11 is 0. The highest BCUT2D eigenvalue weighted by Crippen LogP contribution is 2.20. The van der Waals surface area contributed by atoms with Crippen LogP contribution < -0.4 is 5.32 Å². The molecule has 0 spiro atoms. The fourth-order valence-corrected chi connectivity index (χ4v) is 2.15. The number of carbonyl (C=O) groups is 1. The largest absolute Gasteiger partial charge is 0.389 e. The van der Waals surface area contributed by atoms with Crippen molar-refractivity contribution in [1.29, 1.82) is 0 Å². The average molecular weight is 270 g/mol. The molecule has 1 unspecified atom stereocenters. The molecule has 0 bridgehead atoms. The topological polar surface area (TPSA) is 52.6 Å². The van der Waals surface area contributed by atoms with Crippen LogP contribution in [0.2, 0.25) is 0 Å². The summed E-state index contributed by atoms with van der Waals surface area (Å²) in [6.45, 7) is 2.91. The number of aliphatic hydroxyl groups is 1. The monoisotopic (exact) mass is 270 g/mol. The van der Waals surface area contributed by atoms with E-state index in [1.165, 1.54) is 6.07 Å². The minimum atomic E-state index is -0.998. The lowest BCUT2D eigenvalue weighted by Crippen LogP contribution is -2.35. The van der Waals surface area contributed by atoms with E-state index in [9.17, 15) is 18.7 Å².